The van der Waals surface area contributed by atoms with Gasteiger partial charge in [-0.25, -0.2) is 14.6 Å². The molecule has 0 aliphatic carbocycles. The Morgan fingerprint density at radius 1 is 1.12 bits per heavy atom. The van der Waals surface area contributed by atoms with Gasteiger partial charge in [0.1, 0.15) is 18.5 Å². The fraction of sp³-hybridized carbons (Fsp3) is 0.250. The maximum Gasteiger partial charge on any atom is 0.573 e. The van der Waals surface area contributed by atoms with Gasteiger partial charge >= 0.3 is 18.5 Å². The smallest absolute Gasteiger partial charge is 0.445 e. The number of nitrogens with zero attached hydrogens (tertiary/aromatic N) is 1. The zero-order valence-corrected chi connectivity index (χ0v) is 17.5. The molecule has 3 rings (SSSR count). The van der Waals surface area contributed by atoms with Crippen LogP contribution >= 0.6 is 11.3 Å². The van der Waals surface area contributed by atoms with Crippen LogP contribution in [0.5, 0.6) is 5.75 Å². The number of halogens is 3. The van der Waals surface area contributed by atoms with E-state index in [1.54, 1.807) is 6.92 Å². The van der Waals surface area contributed by atoms with Crippen molar-refractivity contribution in [3.63, 3.8) is 0 Å². The van der Waals surface area contributed by atoms with Crippen LogP contribution in [0.2, 0.25) is 0 Å². The molecule has 3 aromatic rings. The van der Waals surface area contributed by atoms with Crippen molar-refractivity contribution in [1.29, 1.82) is 0 Å². The number of thiazole rings is 1. The van der Waals surface area contributed by atoms with E-state index in [4.69, 9.17) is 9.47 Å². The molecule has 0 fully saturated rings. The number of amides is 2. The Labute approximate surface area is 184 Å². The number of rotatable bonds is 7. The van der Waals surface area contributed by atoms with Crippen LogP contribution in [0, 0.1) is 0 Å². The van der Waals surface area contributed by atoms with Gasteiger partial charge in [0.15, 0.2) is 5.13 Å². The van der Waals surface area contributed by atoms with Crippen LogP contribution in [-0.4, -0.2) is 36.2 Å². The summed E-state index contributed by atoms with van der Waals surface area (Å²) < 4.78 is 51.3. The first-order valence-electron chi connectivity index (χ1n) is 9.26. The molecule has 0 saturated carbocycles. The average molecular weight is 469 g/mol. The topological polar surface area (TPSA) is 98.8 Å². The summed E-state index contributed by atoms with van der Waals surface area (Å²) >= 11 is 0.949. The maximum absolute atomic E-state index is 12.3. The fourth-order valence-electron chi connectivity index (χ4n) is 2.50. The number of alkyl carbamates (subject to hydrolysis) is 1. The van der Waals surface area contributed by atoms with Crippen LogP contribution in [0.15, 0.2) is 48.5 Å². The molecule has 1 heterocycles. The van der Waals surface area contributed by atoms with Crippen molar-refractivity contribution in [2.24, 2.45) is 0 Å². The second kappa shape index (κ2) is 10.2. The van der Waals surface area contributed by atoms with Crippen molar-refractivity contribution in [2.75, 3.05) is 11.9 Å². The van der Waals surface area contributed by atoms with E-state index in [2.05, 4.69) is 20.4 Å². The van der Waals surface area contributed by atoms with Crippen molar-refractivity contribution in [1.82, 2.24) is 10.3 Å². The highest BCUT2D eigenvalue weighted by Crippen LogP contribution is 2.31. The highest BCUT2D eigenvalue weighted by Gasteiger charge is 2.31. The fourth-order valence-corrected chi connectivity index (χ4v) is 3.38. The van der Waals surface area contributed by atoms with Gasteiger partial charge in [-0.05, 0) is 24.6 Å². The first-order valence-corrected chi connectivity index (χ1v) is 10.1. The maximum atomic E-state index is 12.3. The van der Waals surface area contributed by atoms with E-state index in [0.29, 0.717) is 16.8 Å². The van der Waals surface area contributed by atoms with Gasteiger partial charge in [-0.3, -0.25) is 5.32 Å². The van der Waals surface area contributed by atoms with Gasteiger partial charge < -0.3 is 19.5 Å². The minimum atomic E-state index is -4.81. The van der Waals surface area contributed by atoms with Gasteiger partial charge in [0.05, 0.1) is 10.2 Å². The number of benzene rings is 2. The summed E-state index contributed by atoms with van der Waals surface area (Å²) in [6.45, 7) is 1.63. The highest BCUT2D eigenvalue weighted by atomic mass is 32.1. The van der Waals surface area contributed by atoms with Crippen LogP contribution in [0.4, 0.5) is 27.9 Å². The lowest BCUT2D eigenvalue weighted by molar-refractivity contribution is -0.274. The summed E-state index contributed by atoms with van der Waals surface area (Å²) in [4.78, 5) is 27.8. The monoisotopic (exact) mass is 469 g/mol. The number of aromatic nitrogens is 1. The summed E-state index contributed by atoms with van der Waals surface area (Å²) in [6.07, 6.45) is -7.03. The van der Waals surface area contributed by atoms with Crippen molar-refractivity contribution in [3.8, 4) is 5.75 Å². The van der Waals surface area contributed by atoms with E-state index in [0.717, 1.165) is 23.0 Å². The van der Waals surface area contributed by atoms with Gasteiger partial charge in [-0.15, -0.1) is 13.2 Å². The molecule has 170 valence electrons. The minimum absolute atomic E-state index is 0.128. The van der Waals surface area contributed by atoms with E-state index >= 15 is 0 Å². The molecule has 0 radical (unpaired) electrons. The number of alkyl halides is 3. The Balaban J connectivity index is 1.43. The molecule has 1 unspecified atom stereocenters. The summed E-state index contributed by atoms with van der Waals surface area (Å²) in [6, 6.07) is 12.9. The molecule has 0 spiro atoms. The SMILES string of the molecule is CC(COC(=O)Nc1nc2ccc(OC(F)(F)F)cc2s1)OC(=O)NCc1ccccc1. The quantitative estimate of drug-likeness (QED) is 0.502. The molecule has 8 nitrogen and oxygen atoms in total. The van der Waals surface area contributed by atoms with Crippen molar-refractivity contribution in [3.05, 3.63) is 54.1 Å². The predicted molar refractivity (Wildman–Crippen MR) is 110 cm³/mol. The van der Waals surface area contributed by atoms with Crippen molar-refractivity contribution in [2.45, 2.75) is 25.9 Å². The van der Waals surface area contributed by atoms with E-state index < -0.39 is 24.7 Å². The molecule has 2 N–H and O–H groups in total. The molecule has 0 saturated heterocycles. The number of anilines is 1. The van der Waals surface area contributed by atoms with E-state index in [1.807, 2.05) is 30.3 Å². The molecule has 0 aliphatic heterocycles. The zero-order chi connectivity index (χ0) is 23.1. The number of carbonyl (C=O) groups excluding carboxylic acids is 2. The molecular formula is C20H18F3N3O5S. The van der Waals surface area contributed by atoms with Crippen LogP contribution in [0.3, 0.4) is 0 Å². The number of hydrogen-bond acceptors (Lipinski definition) is 7. The molecule has 2 aromatic carbocycles. The molecule has 2 amide bonds. The number of fused-ring (bicyclic) bond motifs is 1. The van der Waals surface area contributed by atoms with Crippen LogP contribution in [0.25, 0.3) is 10.2 Å². The average Bonchev–Trinajstić information content (AvgIpc) is 3.11. The lowest BCUT2D eigenvalue weighted by atomic mass is 10.2. The predicted octanol–water partition coefficient (Wildman–Crippen LogP) is 5.06. The third-order valence-corrected chi connectivity index (χ3v) is 4.77. The van der Waals surface area contributed by atoms with Crippen LogP contribution in [-0.2, 0) is 16.0 Å². The zero-order valence-electron chi connectivity index (χ0n) is 16.6. The molecule has 1 atom stereocenters. The first-order chi connectivity index (χ1) is 15.2. The number of ether oxygens (including phenoxy) is 3. The highest BCUT2D eigenvalue weighted by molar-refractivity contribution is 7.22. The number of nitrogens with one attached hydrogen (secondary N) is 2. The second-order valence-corrected chi connectivity index (χ2v) is 7.51. The van der Waals surface area contributed by atoms with E-state index in [-0.39, 0.29) is 17.5 Å². The Morgan fingerprint density at radius 3 is 2.59 bits per heavy atom. The second-order valence-electron chi connectivity index (χ2n) is 6.47. The minimum Gasteiger partial charge on any atom is -0.445 e. The van der Waals surface area contributed by atoms with Gasteiger partial charge in [0, 0.05) is 12.6 Å². The van der Waals surface area contributed by atoms with E-state index in [9.17, 15) is 22.8 Å². The van der Waals surface area contributed by atoms with Crippen molar-refractivity contribution < 1.29 is 37.0 Å². The third kappa shape index (κ3) is 7.30. The van der Waals surface area contributed by atoms with Gasteiger partial charge in [0.2, 0.25) is 0 Å². The molecule has 12 heteroatoms. The van der Waals surface area contributed by atoms with Gasteiger partial charge in [-0.1, -0.05) is 41.7 Å². The Kier molecular flexibility index (Phi) is 7.36. The van der Waals surface area contributed by atoms with Crippen molar-refractivity contribution >= 4 is 38.9 Å². The molecule has 0 aliphatic rings. The Hall–Kier alpha value is -3.54. The molecular weight excluding hydrogens is 451 g/mol. The first kappa shape index (κ1) is 23.1. The molecule has 1 aromatic heterocycles. The van der Waals surface area contributed by atoms with Gasteiger partial charge in [-0.2, -0.15) is 0 Å². The lowest BCUT2D eigenvalue weighted by Gasteiger charge is -2.14. The van der Waals surface area contributed by atoms with Crippen LogP contribution < -0.4 is 15.4 Å². The Bertz CT molecular complexity index is 1080. The van der Waals surface area contributed by atoms with Gasteiger partial charge in [0.25, 0.3) is 0 Å². The summed E-state index contributed by atoms with van der Waals surface area (Å²) in [5.41, 5.74) is 1.28. The van der Waals surface area contributed by atoms with Crippen LogP contribution in [0.1, 0.15) is 12.5 Å². The molecule has 0 bridgehead atoms. The standard InChI is InChI=1S/C20H18F3N3O5S/c1-12(30-18(27)24-10-13-5-3-2-4-6-13)11-29-19(28)26-17-25-15-8-7-14(9-16(15)32-17)31-20(21,22)23/h2-9,12H,10-11H2,1H3,(H,24,27)(H,25,26,28). The number of carbonyl (C=O) groups is 2. The number of hydrogen-bond donors (Lipinski definition) is 2. The summed E-state index contributed by atoms with van der Waals surface area (Å²) in [5.74, 6) is -0.390. The summed E-state index contributed by atoms with van der Waals surface area (Å²) in [7, 11) is 0. The Morgan fingerprint density at radius 2 is 1.88 bits per heavy atom. The molecule has 32 heavy (non-hydrogen) atoms. The largest absolute Gasteiger partial charge is 0.573 e. The van der Waals surface area contributed by atoms with E-state index in [1.165, 1.54) is 12.1 Å². The lowest BCUT2D eigenvalue weighted by Crippen LogP contribution is -2.30. The summed E-state index contributed by atoms with van der Waals surface area (Å²) in [5, 5.41) is 5.09. The normalized spacial score (nSPS) is 12.1. The third-order valence-electron chi connectivity index (χ3n) is 3.84.